The van der Waals surface area contributed by atoms with Gasteiger partial charge in [-0.15, -0.1) is 0 Å². The number of carbonyl (C=O) groups excluding carboxylic acids is 1. The molecule has 0 aliphatic carbocycles. The van der Waals surface area contributed by atoms with Crippen LogP contribution >= 0.6 is 23.2 Å². The Balaban J connectivity index is 1.86. The molecule has 0 aliphatic heterocycles. The number of nitrogens with one attached hydrogen (secondary N) is 2. The number of nitrogens with zero attached hydrogens (tertiary/aromatic N) is 1. The lowest BCUT2D eigenvalue weighted by molar-refractivity contribution is 0.102. The first-order valence-corrected chi connectivity index (χ1v) is 6.58. The lowest BCUT2D eigenvalue weighted by Crippen LogP contribution is -2.11. The normalized spacial score (nSPS) is 10.7. The Morgan fingerprint density at radius 1 is 1.10 bits per heavy atom. The van der Waals surface area contributed by atoms with E-state index in [0.717, 1.165) is 11.0 Å². The van der Waals surface area contributed by atoms with Crippen LogP contribution in [0.1, 0.15) is 10.4 Å². The highest BCUT2D eigenvalue weighted by Crippen LogP contribution is 2.25. The second kappa shape index (κ2) is 5.15. The Bertz CT molecular complexity index is 798. The molecule has 0 saturated heterocycles. The predicted molar refractivity (Wildman–Crippen MR) is 80.5 cm³/mol. The van der Waals surface area contributed by atoms with Gasteiger partial charge in [0.2, 0.25) is 0 Å². The standard InChI is InChI=1S/C14H9Cl2N3O/c15-10-3-2-9(6-11(10)16)19-14(20)8-1-4-12-13(5-8)18-7-17-12/h1-7H,(H,17,18)(H,19,20). The molecule has 20 heavy (non-hydrogen) atoms. The summed E-state index contributed by atoms with van der Waals surface area (Å²) >= 11 is 11.7. The molecule has 1 aromatic heterocycles. The average Bonchev–Trinajstić information content (AvgIpc) is 2.90. The first kappa shape index (κ1) is 13.0. The number of H-pyrrole nitrogens is 1. The summed E-state index contributed by atoms with van der Waals surface area (Å²) in [6, 6.07) is 10.2. The quantitative estimate of drug-likeness (QED) is 0.748. The van der Waals surface area contributed by atoms with Crippen molar-refractivity contribution in [3.8, 4) is 0 Å². The van der Waals surface area contributed by atoms with Gasteiger partial charge in [0.15, 0.2) is 0 Å². The zero-order valence-electron chi connectivity index (χ0n) is 10.2. The van der Waals surface area contributed by atoms with E-state index >= 15 is 0 Å². The van der Waals surface area contributed by atoms with E-state index in [9.17, 15) is 4.79 Å². The highest BCUT2D eigenvalue weighted by atomic mass is 35.5. The molecular weight excluding hydrogens is 297 g/mol. The number of fused-ring (bicyclic) bond motifs is 1. The molecule has 0 fully saturated rings. The molecule has 0 saturated carbocycles. The van der Waals surface area contributed by atoms with Crippen LogP contribution in [0.25, 0.3) is 11.0 Å². The number of hydrogen-bond acceptors (Lipinski definition) is 2. The van der Waals surface area contributed by atoms with Crippen LogP contribution in [0.5, 0.6) is 0 Å². The van der Waals surface area contributed by atoms with Crippen molar-refractivity contribution in [1.82, 2.24) is 9.97 Å². The highest BCUT2D eigenvalue weighted by Gasteiger charge is 2.08. The van der Waals surface area contributed by atoms with E-state index in [2.05, 4.69) is 15.3 Å². The number of halogens is 2. The fourth-order valence-electron chi connectivity index (χ4n) is 1.85. The lowest BCUT2D eigenvalue weighted by atomic mass is 10.2. The molecule has 0 spiro atoms. The van der Waals surface area contributed by atoms with Crippen molar-refractivity contribution in [3.05, 3.63) is 58.3 Å². The third-order valence-electron chi connectivity index (χ3n) is 2.86. The van der Waals surface area contributed by atoms with Crippen molar-refractivity contribution in [2.24, 2.45) is 0 Å². The molecule has 0 radical (unpaired) electrons. The summed E-state index contributed by atoms with van der Waals surface area (Å²) in [7, 11) is 0. The smallest absolute Gasteiger partial charge is 0.255 e. The topological polar surface area (TPSA) is 57.8 Å². The van der Waals surface area contributed by atoms with Crippen molar-refractivity contribution in [3.63, 3.8) is 0 Å². The Labute approximate surface area is 124 Å². The van der Waals surface area contributed by atoms with Gasteiger partial charge in [-0.1, -0.05) is 23.2 Å². The maximum absolute atomic E-state index is 12.2. The van der Waals surface area contributed by atoms with Crippen LogP contribution < -0.4 is 5.32 Å². The molecule has 0 atom stereocenters. The third-order valence-corrected chi connectivity index (χ3v) is 3.60. The molecule has 2 N–H and O–H groups in total. The van der Waals surface area contributed by atoms with Crippen LogP contribution in [0, 0.1) is 0 Å². The molecule has 4 nitrogen and oxygen atoms in total. The summed E-state index contributed by atoms with van der Waals surface area (Å²) in [5.74, 6) is -0.222. The predicted octanol–water partition coefficient (Wildman–Crippen LogP) is 4.12. The first-order chi connectivity index (χ1) is 9.63. The molecule has 0 aliphatic rings. The summed E-state index contributed by atoms with van der Waals surface area (Å²) in [6.45, 7) is 0. The Hall–Kier alpha value is -2.04. The first-order valence-electron chi connectivity index (χ1n) is 5.83. The van der Waals surface area contributed by atoms with Crippen LogP contribution in [0.2, 0.25) is 10.0 Å². The summed E-state index contributed by atoms with van der Waals surface area (Å²) in [4.78, 5) is 19.2. The Morgan fingerprint density at radius 3 is 2.75 bits per heavy atom. The number of carbonyl (C=O) groups is 1. The van der Waals surface area contributed by atoms with Crippen molar-refractivity contribution in [2.45, 2.75) is 0 Å². The molecule has 6 heteroatoms. The molecule has 0 unspecified atom stereocenters. The summed E-state index contributed by atoms with van der Waals surface area (Å²) in [5, 5.41) is 3.61. The van der Waals surface area contributed by atoms with Gasteiger partial charge in [0.05, 0.1) is 27.4 Å². The van der Waals surface area contributed by atoms with Crippen LogP contribution in [0.4, 0.5) is 5.69 Å². The summed E-state index contributed by atoms with van der Waals surface area (Å²) < 4.78 is 0. The van der Waals surface area contributed by atoms with Crippen LogP contribution in [0.3, 0.4) is 0 Å². The number of aromatic nitrogens is 2. The fourth-order valence-corrected chi connectivity index (χ4v) is 2.15. The maximum atomic E-state index is 12.2. The van der Waals surface area contributed by atoms with Gasteiger partial charge in [0.25, 0.3) is 5.91 Å². The summed E-state index contributed by atoms with van der Waals surface area (Å²) in [6.07, 6.45) is 1.59. The fraction of sp³-hybridized carbons (Fsp3) is 0. The third kappa shape index (κ3) is 2.48. The van der Waals surface area contributed by atoms with Crippen molar-refractivity contribution in [1.29, 1.82) is 0 Å². The van der Waals surface area contributed by atoms with Gasteiger partial charge in [-0.2, -0.15) is 0 Å². The molecule has 1 heterocycles. The number of aromatic amines is 1. The van der Waals surface area contributed by atoms with Gasteiger partial charge in [0.1, 0.15) is 0 Å². The molecule has 1 amide bonds. The van der Waals surface area contributed by atoms with Gasteiger partial charge in [0, 0.05) is 11.3 Å². The second-order valence-electron chi connectivity index (χ2n) is 4.22. The average molecular weight is 306 g/mol. The summed E-state index contributed by atoms with van der Waals surface area (Å²) in [5.41, 5.74) is 2.75. The zero-order chi connectivity index (χ0) is 14.1. The number of anilines is 1. The molecule has 100 valence electrons. The van der Waals surface area contributed by atoms with E-state index in [-0.39, 0.29) is 5.91 Å². The van der Waals surface area contributed by atoms with Gasteiger partial charge in [-0.25, -0.2) is 4.98 Å². The van der Waals surface area contributed by atoms with E-state index in [4.69, 9.17) is 23.2 Å². The van der Waals surface area contributed by atoms with Crippen LogP contribution in [-0.2, 0) is 0 Å². The highest BCUT2D eigenvalue weighted by molar-refractivity contribution is 6.42. The van der Waals surface area contributed by atoms with Gasteiger partial charge < -0.3 is 10.3 Å². The maximum Gasteiger partial charge on any atom is 0.255 e. The molecule has 3 aromatic rings. The SMILES string of the molecule is O=C(Nc1ccc(Cl)c(Cl)c1)c1ccc2nc[nH]c2c1. The number of rotatable bonds is 2. The van der Waals surface area contributed by atoms with E-state index in [0.29, 0.717) is 21.3 Å². The van der Waals surface area contributed by atoms with Crippen molar-refractivity contribution >= 4 is 45.8 Å². The lowest BCUT2D eigenvalue weighted by Gasteiger charge is -2.06. The van der Waals surface area contributed by atoms with Crippen LogP contribution in [-0.4, -0.2) is 15.9 Å². The second-order valence-corrected chi connectivity index (χ2v) is 5.03. The minimum atomic E-state index is -0.222. The van der Waals surface area contributed by atoms with Gasteiger partial charge >= 0.3 is 0 Å². The van der Waals surface area contributed by atoms with E-state index in [1.54, 1.807) is 42.7 Å². The molecular formula is C14H9Cl2N3O. The van der Waals surface area contributed by atoms with E-state index in [1.165, 1.54) is 0 Å². The Kier molecular flexibility index (Phi) is 3.34. The van der Waals surface area contributed by atoms with Gasteiger partial charge in [-0.3, -0.25) is 4.79 Å². The zero-order valence-corrected chi connectivity index (χ0v) is 11.7. The number of imidazole rings is 1. The molecule has 2 aromatic carbocycles. The van der Waals surface area contributed by atoms with Crippen molar-refractivity contribution in [2.75, 3.05) is 5.32 Å². The van der Waals surface area contributed by atoms with Crippen LogP contribution in [0.15, 0.2) is 42.7 Å². The molecule has 3 rings (SSSR count). The van der Waals surface area contributed by atoms with Crippen molar-refractivity contribution < 1.29 is 4.79 Å². The number of hydrogen-bond donors (Lipinski definition) is 2. The van der Waals surface area contributed by atoms with E-state index < -0.39 is 0 Å². The molecule has 0 bridgehead atoms. The number of amides is 1. The number of benzene rings is 2. The minimum Gasteiger partial charge on any atom is -0.345 e. The minimum absolute atomic E-state index is 0.222. The monoisotopic (exact) mass is 305 g/mol. The van der Waals surface area contributed by atoms with E-state index in [1.807, 2.05) is 0 Å². The largest absolute Gasteiger partial charge is 0.345 e. The Morgan fingerprint density at radius 2 is 1.95 bits per heavy atom. The van der Waals surface area contributed by atoms with Gasteiger partial charge in [-0.05, 0) is 36.4 Å².